The Bertz CT molecular complexity index is 601. The Hall–Kier alpha value is -1.79. The summed E-state index contributed by atoms with van der Waals surface area (Å²) >= 11 is 1.39. The number of thiophene rings is 1. The van der Waals surface area contributed by atoms with Crippen molar-refractivity contribution in [1.82, 2.24) is 5.32 Å². The summed E-state index contributed by atoms with van der Waals surface area (Å²) in [6, 6.07) is 5.90. The second kappa shape index (κ2) is 6.11. The topological polar surface area (TPSA) is 55.1 Å². The standard InChI is InChI=1S/C14H14F2N2OS/c1-8(9-4-5-10(15)11(16)7-9)18-14(19)13(17)12-3-2-6-20-12/h2-8,13H,17H2,1H3,(H,18,19). The van der Waals surface area contributed by atoms with E-state index in [1.165, 1.54) is 17.4 Å². The molecule has 0 saturated carbocycles. The van der Waals surface area contributed by atoms with Gasteiger partial charge in [-0.25, -0.2) is 8.78 Å². The van der Waals surface area contributed by atoms with Gasteiger partial charge in [0.2, 0.25) is 5.91 Å². The van der Waals surface area contributed by atoms with Gasteiger partial charge < -0.3 is 11.1 Å². The Balaban J connectivity index is 2.05. The number of benzene rings is 1. The predicted octanol–water partition coefficient (Wildman–Crippen LogP) is 2.90. The highest BCUT2D eigenvalue weighted by Crippen LogP contribution is 2.20. The molecule has 106 valence electrons. The summed E-state index contributed by atoms with van der Waals surface area (Å²) < 4.78 is 26.0. The van der Waals surface area contributed by atoms with E-state index >= 15 is 0 Å². The molecular formula is C14H14F2N2OS. The summed E-state index contributed by atoms with van der Waals surface area (Å²) in [5.41, 5.74) is 6.31. The predicted molar refractivity (Wildman–Crippen MR) is 74.2 cm³/mol. The second-order valence-corrected chi connectivity index (χ2v) is 5.38. The summed E-state index contributed by atoms with van der Waals surface area (Å²) in [6.45, 7) is 1.69. The quantitative estimate of drug-likeness (QED) is 0.911. The van der Waals surface area contributed by atoms with E-state index in [0.29, 0.717) is 5.56 Å². The van der Waals surface area contributed by atoms with Gasteiger partial charge in [0.15, 0.2) is 11.6 Å². The number of hydrogen-bond acceptors (Lipinski definition) is 3. The summed E-state index contributed by atoms with van der Waals surface area (Å²) in [5.74, 6) is -2.21. The first-order valence-electron chi connectivity index (χ1n) is 6.03. The van der Waals surface area contributed by atoms with E-state index in [2.05, 4.69) is 5.32 Å². The lowest BCUT2D eigenvalue weighted by molar-refractivity contribution is -0.123. The largest absolute Gasteiger partial charge is 0.348 e. The molecule has 0 fully saturated rings. The summed E-state index contributed by atoms with van der Waals surface area (Å²) in [7, 11) is 0. The minimum Gasteiger partial charge on any atom is -0.348 e. The van der Waals surface area contributed by atoms with E-state index in [4.69, 9.17) is 5.73 Å². The molecule has 0 spiro atoms. The first-order valence-corrected chi connectivity index (χ1v) is 6.91. The monoisotopic (exact) mass is 296 g/mol. The fourth-order valence-electron chi connectivity index (χ4n) is 1.77. The van der Waals surface area contributed by atoms with Gasteiger partial charge in [-0.15, -0.1) is 11.3 Å². The molecule has 0 radical (unpaired) electrons. The van der Waals surface area contributed by atoms with Crippen LogP contribution in [0.3, 0.4) is 0 Å². The molecule has 0 bridgehead atoms. The Kier molecular flexibility index (Phi) is 4.46. The molecule has 20 heavy (non-hydrogen) atoms. The molecular weight excluding hydrogens is 282 g/mol. The molecule has 2 atom stereocenters. The Morgan fingerprint density at radius 3 is 2.65 bits per heavy atom. The molecule has 2 aromatic rings. The van der Waals surface area contributed by atoms with Gasteiger partial charge in [0.1, 0.15) is 6.04 Å². The zero-order chi connectivity index (χ0) is 14.7. The lowest BCUT2D eigenvalue weighted by Crippen LogP contribution is -2.35. The van der Waals surface area contributed by atoms with Crippen molar-refractivity contribution in [3.05, 3.63) is 57.8 Å². The van der Waals surface area contributed by atoms with Crippen molar-refractivity contribution < 1.29 is 13.6 Å². The van der Waals surface area contributed by atoms with Gasteiger partial charge in [0, 0.05) is 4.88 Å². The number of amides is 1. The normalized spacial score (nSPS) is 13.8. The van der Waals surface area contributed by atoms with Gasteiger partial charge in [-0.3, -0.25) is 4.79 Å². The number of hydrogen-bond donors (Lipinski definition) is 2. The molecule has 1 amide bonds. The van der Waals surface area contributed by atoms with E-state index in [1.807, 2.05) is 11.4 Å². The molecule has 0 aliphatic heterocycles. The minimum atomic E-state index is -0.939. The van der Waals surface area contributed by atoms with Crippen LogP contribution < -0.4 is 11.1 Å². The van der Waals surface area contributed by atoms with Crippen molar-refractivity contribution in [2.45, 2.75) is 19.0 Å². The average Bonchev–Trinajstić information content (AvgIpc) is 2.94. The van der Waals surface area contributed by atoms with Crippen LogP contribution in [-0.2, 0) is 4.79 Å². The third kappa shape index (κ3) is 3.20. The van der Waals surface area contributed by atoms with Crippen LogP contribution in [-0.4, -0.2) is 5.91 Å². The van der Waals surface area contributed by atoms with Crippen LogP contribution in [0.4, 0.5) is 8.78 Å². The molecule has 3 nitrogen and oxygen atoms in total. The molecule has 3 N–H and O–H groups in total. The maximum atomic E-state index is 13.1. The van der Waals surface area contributed by atoms with Crippen molar-refractivity contribution >= 4 is 17.2 Å². The fraction of sp³-hybridized carbons (Fsp3) is 0.214. The molecule has 0 aliphatic carbocycles. The SMILES string of the molecule is CC(NC(=O)C(N)c1cccs1)c1ccc(F)c(F)c1. The lowest BCUT2D eigenvalue weighted by Gasteiger charge is -2.17. The van der Waals surface area contributed by atoms with Crippen molar-refractivity contribution in [2.75, 3.05) is 0 Å². The molecule has 0 aliphatic rings. The number of nitrogens with one attached hydrogen (secondary N) is 1. The van der Waals surface area contributed by atoms with E-state index in [-0.39, 0.29) is 5.91 Å². The maximum Gasteiger partial charge on any atom is 0.242 e. The zero-order valence-corrected chi connectivity index (χ0v) is 11.6. The van der Waals surface area contributed by atoms with Gasteiger partial charge in [-0.2, -0.15) is 0 Å². The van der Waals surface area contributed by atoms with Gasteiger partial charge >= 0.3 is 0 Å². The van der Waals surface area contributed by atoms with E-state index < -0.39 is 23.7 Å². The van der Waals surface area contributed by atoms with Crippen LogP contribution in [0, 0.1) is 11.6 Å². The van der Waals surface area contributed by atoms with E-state index in [9.17, 15) is 13.6 Å². The number of nitrogens with two attached hydrogens (primary N) is 1. The molecule has 1 aromatic carbocycles. The number of carbonyl (C=O) groups excluding carboxylic acids is 1. The highest BCUT2D eigenvalue weighted by Gasteiger charge is 2.19. The molecule has 1 aromatic heterocycles. The van der Waals surface area contributed by atoms with E-state index in [0.717, 1.165) is 17.0 Å². The maximum absolute atomic E-state index is 13.1. The molecule has 6 heteroatoms. The summed E-state index contributed by atoms with van der Waals surface area (Å²) in [6.07, 6.45) is 0. The molecule has 2 rings (SSSR count). The molecule has 1 heterocycles. The van der Waals surface area contributed by atoms with Crippen molar-refractivity contribution in [2.24, 2.45) is 5.73 Å². The number of halogens is 2. The van der Waals surface area contributed by atoms with E-state index in [1.54, 1.807) is 13.0 Å². The van der Waals surface area contributed by atoms with Gasteiger partial charge in [-0.05, 0) is 36.1 Å². The zero-order valence-electron chi connectivity index (χ0n) is 10.8. The molecule has 0 saturated heterocycles. The van der Waals surface area contributed by atoms with Crippen molar-refractivity contribution in [1.29, 1.82) is 0 Å². The molecule has 2 unspecified atom stereocenters. The second-order valence-electron chi connectivity index (χ2n) is 4.40. The Morgan fingerprint density at radius 2 is 2.05 bits per heavy atom. The van der Waals surface area contributed by atoms with Crippen LogP contribution in [0.5, 0.6) is 0 Å². The van der Waals surface area contributed by atoms with Gasteiger partial charge in [0.25, 0.3) is 0 Å². The number of carbonyl (C=O) groups is 1. The first-order chi connectivity index (χ1) is 9.49. The van der Waals surface area contributed by atoms with Crippen molar-refractivity contribution in [3.8, 4) is 0 Å². The van der Waals surface area contributed by atoms with Crippen LogP contribution in [0.1, 0.15) is 29.4 Å². The number of rotatable bonds is 4. The third-order valence-electron chi connectivity index (χ3n) is 2.93. The summed E-state index contributed by atoms with van der Waals surface area (Å²) in [5, 5.41) is 4.52. The highest BCUT2D eigenvalue weighted by molar-refractivity contribution is 7.10. The Morgan fingerprint density at radius 1 is 1.30 bits per heavy atom. The first kappa shape index (κ1) is 14.6. The lowest BCUT2D eigenvalue weighted by atomic mass is 10.1. The van der Waals surface area contributed by atoms with Crippen LogP contribution in [0.15, 0.2) is 35.7 Å². The van der Waals surface area contributed by atoms with Crippen molar-refractivity contribution in [3.63, 3.8) is 0 Å². The minimum absolute atomic E-state index is 0.357. The smallest absolute Gasteiger partial charge is 0.242 e. The highest BCUT2D eigenvalue weighted by atomic mass is 32.1. The van der Waals surface area contributed by atoms with Crippen LogP contribution >= 0.6 is 11.3 Å². The average molecular weight is 296 g/mol. The van der Waals surface area contributed by atoms with Gasteiger partial charge in [-0.1, -0.05) is 12.1 Å². The fourth-order valence-corrected chi connectivity index (χ4v) is 2.49. The Labute approximate surface area is 119 Å². The third-order valence-corrected chi connectivity index (χ3v) is 3.89. The van der Waals surface area contributed by atoms with Crippen LogP contribution in [0.25, 0.3) is 0 Å². The summed E-state index contributed by atoms with van der Waals surface area (Å²) in [4.78, 5) is 12.7. The van der Waals surface area contributed by atoms with Crippen LogP contribution in [0.2, 0.25) is 0 Å². The van der Waals surface area contributed by atoms with Gasteiger partial charge in [0.05, 0.1) is 6.04 Å².